The summed E-state index contributed by atoms with van der Waals surface area (Å²) in [5, 5.41) is 10.5. The van der Waals surface area contributed by atoms with Crippen LogP contribution in [0.2, 0.25) is 0 Å². The molecule has 1 aromatic heterocycles. The number of aromatic nitrogens is 1. The van der Waals surface area contributed by atoms with Crippen molar-refractivity contribution in [3.8, 4) is 0 Å². The SMILES string of the molecule is CC(C)(O)c1nc2cc[c]cc2s1. The van der Waals surface area contributed by atoms with Crippen molar-refractivity contribution in [3.05, 3.63) is 29.3 Å². The van der Waals surface area contributed by atoms with Crippen molar-refractivity contribution < 1.29 is 5.11 Å². The number of hydrogen-bond acceptors (Lipinski definition) is 3. The second kappa shape index (κ2) is 2.79. The quantitative estimate of drug-likeness (QED) is 0.752. The zero-order valence-electron chi connectivity index (χ0n) is 7.53. The summed E-state index contributed by atoms with van der Waals surface area (Å²) < 4.78 is 1.07. The minimum Gasteiger partial charge on any atom is -0.383 e. The van der Waals surface area contributed by atoms with Crippen molar-refractivity contribution >= 4 is 21.6 Å². The van der Waals surface area contributed by atoms with E-state index in [-0.39, 0.29) is 0 Å². The van der Waals surface area contributed by atoms with Gasteiger partial charge in [0, 0.05) is 0 Å². The molecule has 13 heavy (non-hydrogen) atoms. The molecule has 0 spiro atoms. The first-order valence-electron chi connectivity index (χ1n) is 4.07. The van der Waals surface area contributed by atoms with E-state index in [0.29, 0.717) is 0 Å². The van der Waals surface area contributed by atoms with Gasteiger partial charge in [0.25, 0.3) is 0 Å². The summed E-state index contributed by atoms with van der Waals surface area (Å²) in [5.74, 6) is 0. The molecule has 67 valence electrons. The van der Waals surface area contributed by atoms with Gasteiger partial charge in [-0.1, -0.05) is 6.07 Å². The first kappa shape index (κ1) is 8.66. The average Bonchev–Trinajstić information content (AvgIpc) is 2.45. The van der Waals surface area contributed by atoms with Gasteiger partial charge < -0.3 is 5.11 Å². The fourth-order valence-electron chi connectivity index (χ4n) is 1.08. The van der Waals surface area contributed by atoms with Gasteiger partial charge in [0.15, 0.2) is 0 Å². The topological polar surface area (TPSA) is 33.1 Å². The van der Waals surface area contributed by atoms with Crippen molar-refractivity contribution in [1.82, 2.24) is 4.98 Å². The molecule has 2 aromatic rings. The molecule has 1 aromatic carbocycles. The zero-order chi connectivity index (χ0) is 9.47. The van der Waals surface area contributed by atoms with E-state index in [9.17, 15) is 5.11 Å². The number of fused-ring (bicyclic) bond motifs is 1. The summed E-state index contributed by atoms with van der Waals surface area (Å²) >= 11 is 1.51. The number of nitrogens with zero attached hydrogens (tertiary/aromatic N) is 1. The molecule has 0 fully saturated rings. The van der Waals surface area contributed by atoms with Crippen LogP contribution in [0, 0.1) is 6.07 Å². The van der Waals surface area contributed by atoms with Crippen LogP contribution in [0.5, 0.6) is 0 Å². The lowest BCUT2D eigenvalue weighted by atomic mass is 10.2. The minimum absolute atomic E-state index is 0.752. The van der Waals surface area contributed by atoms with Gasteiger partial charge in [-0.15, -0.1) is 11.3 Å². The number of hydrogen-bond donors (Lipinski definition) is 1. The molecule has 0 unspecified atom stereocenters. The number of rotatable bonds is 1. The minimum atomic E-state index is -0.844. The lowest BCUT2D eigenvalue weighted by Crippen LogP contribution is -2.14. The molecular weight excluding hydrogens is 182 g/mol. The Bertz CT molecular complexity index is 395. The Kier molecular flexibility index (Phi) is 1.86. The molecule has 1 N–H and O–H groups in total. The van der Waals surface area contributed by atoms with Crippen LogP contribution in [0.15, 0.2) is 18.2 Å². The van der Waals surface area contributed by atoms with Gasteiger partial charge in [0.05, 0.1) is 10.2 Å². The van der Waals surface area contributed by atoms with Crippen molar-refractivity contribution in [2.24, 2.45) is 0 Å². The maximum atomic E-state index is 9.73. The van der Waals surface area contributed by atoms with Gasteiger partial charge in [-0.05, 0) is 32.0 Å². The Morgan fingerprint density at radius 3 is 2.92 bits per heavy atom. The molecular formula is C10H10NOS. The smallest absolute Gasteiger partial charge is 0.125 e. The average molecular weight is 192 g/mol. The van der Waals surface area contributed by atoms with Crippen LogP contribution in [0.3, 0.4) is 0 Å². The number of thiazole rings is 1. The van der Waals surface area contributed by atoms with Gasteiger partial charge in [0.2, 0.25) is 0 Å². The molecule has 0 amide bonds. The molecule has 0 bridgehead atoms. The van der Waals surface area contributed by atoms with E-state index < -0.39 is 5.60 Å². The summed E-state index contributed by atoms with van der Waals surface area (Å²) in [5.41, 5.74) is 0.0878. The van der Waals surface area contributed by atoms with E-state index in [2.05, 4.69) is 11.1 Å². The maximum absolute atomic E-state index is 9.73. The fourth-order valence-corrected chi connectivity index (χ4v) is 2.03. The summed E-state index contributed by atoms with van der Waals surface area (Å²) in [6.07, 6.45) is 0. The highest BCUT2D eigenvalue weighted by molar-refractivity contribution is 7.18. The summed E-state index contributed by atoms with van der Waals surface area (Å²) in [6.45, 7) is 3.49. The third kappa shape index (κ3) is 1.57. The van der Waals surface area contributed by atoms with Gasteiger partial charge >= 0.3 is 0 Å². The Hall–Kier alpha value is -0.930. The Balaban J connectivity index is 2.63. The van der Waals surface area contributed by atoms with Crippen LogP contribution in [0.1, 0.15) is 18.9 Å². The van der Waals surface area contributed by atoms with Crippen molar-refractivity contribution in [2.75, 3.05) is 0 Å². The van der Waals surface area contributed by atoms with Crippen molar-refractivity contribution in [1.29, 1.82) is 0 Å². The standard InChI is InChI=1S/C10H10NOS/c1-10(2,12)9-11-7-5-3-4-6-8(7)13-9/h3,5-6,12H,1-2H3. The van der Waals surface area contributed by atoms with Crippen LogP contribution in [0.4, 0.5) is 0 Å². The van der Waals surface area contributed by atoms with Crippen LogP contribution < -0.4 is 0 Å². The summed E-state index contributed by atoms with van der Waals surface area (Å²) in [4.78, 5) is 4.33. The molecule has 0 saturated heterocycles. The molecule has 1 radical (unpaired) electrons. The largest absolute Gasteiger partial charge is 0.383 e. The highest BCUT2D eigenvalue weighted by atomic mass is 32.1. The second-order valence-electron chi connectivity index (χ2n) is 3.47. The molecule has 2 rings (SSSR count). The Morgan fingerprint density at radius 1 is 1.54 bits per heavy atom. The van der Waals surface area contributed by atoms with Crippen LogP contribution in [-0.4, -0.2) is 10.1 Å². The predicted octanol–water partition coefficient (Wildman–Crippen LogP) is 2.32. The highest BCUT2D eigenvalue weighted by Gasteiger charge is 2.20. The molecule has 0 saturated carbocycles. The molecule has 0 aliphatic heterocycles. The third-order valence-corrected chi connectivity index (χ3v) is 3.09. The molecule has 3 heteroatoms. The lowest BCUT2D eigenvalue weighted by Gasteiger charge is -2.11. The van der Waals surface area contributed by atoms with Gasteiger partial charge in [-0.2, -0.15) is 0 Å². The predicted molar refractivity (Wildman–Crippen MR) is 53.7 cm³/mol. The first-order valence-corrected chi connectivity index (χ1v) is 4.88. The van der Waals surface area contributed by atoms with Crippen LogP contribution in [-0.2, 0) is 5.60 Å². The highest BCUT2D eigenvalue weighted by Crippen LogP contribution is 2.28. The lowest BCUT2D eigenvalue weighted by molar-refractivity contribution is 0.0785. The maximum Gasteiger partial charge on any atom is 0.125 e. The van der Waals surface area contributed by atoms with E-state index in [1.54, 1.807) is 13.8 Å². The van der Waals surface area contributed by atoms with Crippen LogP contribution >= 0.6 is 11.3 Å². The number of benzene rings is 1. The molecule has 2 nitrogen and oxygen atoms in total. The Morgan fingerprint density at radius 2 is 2.31 bits per heavy atom. The van der Waals surface area contributed by atoms with E-state index in [4.69, 9.17) is 0 Å². The molecule has 1 heterocycles. The molecule has 0 aliphatic carbocycles. The first-order chi connectivity index (χ1) is 6.07. The van der Waals surface area contributed by atoms with E-state index in [0.717, 1.165) is 15.2 Å². The summed E-state index contributed by atoms with van der Waals surface area (Å²) in [6, 6.07) is 8.61. The third-order valence-electron chi connectivity index (χ3n) is 1.76. The van der Waals surface area contributed by atoms with Crippen molar-refractivity contribution in [2.45, 2.75) is 19.4 Å². The van der Waals surface area contributed by atoms with Gasteiger partial charge in [-0.25, -0.2) is 4.98 Å². The van der Waals surface area contributed by atoms with Crippen molar-refractivity contribution in [3.63, 3.8) is 0 Å². The second-order valence-corrected chi connectivity index (χ2v) is 4.50. The van der Waals surface area contributed by atoms with Gasteiger partial charge in [-0.3, -0.25) is 0 Å². The van der Waals surface area contributed by atoms with Crippen LogP contribution in [0.25, 0.3) is 10.2 Å². The van der Waals surface area contributed by atoms with E-state index in [1.807, 2.05) is 18.2 Å². The van der Waals surface area contributed by atoms with Gasteiger partial charge in [0.1, 0.15) is 10.6 Å². The molecule has 0 aliphatic rings. The summed E-state index contributed by atoms with van der Waals surface area (Å²) in [7, 11) is 0. The molecule has 0 atom stereocenters. The Labute approximate surface area is 80.9 Å². The number of aliphatic hydroxyl groups is 1. The zero-order valence-corrected chi connectivity index (χ0v) is 8.35. The van der Waals surface area contributed by atoms with E-state index >= 15 is 0 Å². The fraction of sp³-hybridized carbons (Fsp3) is 0.300. The normalized spacial score (nSPS) is 12.2. The van der Waals surface area contributed by atoms with E-state index in [1.165, 1.54) is 11.3 Å². The monoisotopic (exact) mass is 192 g/mol.